The van der Waals surface area contributed by atoms with Gasteiger partial charge in [-0.15, -0.1) is 0 Å². The molecule has 1 fully saturated rings. The van der Waals surface area contributed by atoms with E-state index in [2.05, 4.69) is 23.5 Å². The van der Waals surface area contributed by atoms with E-state index in [-0.39, 0.29) is 0 Å². The Kier molecular flexibility index (Phi) is 11.2. The van der Waals surface area contributed by atoms with Crippen molar-refractivity contribution in [3.63, 3.8) is 0 Å². The van der Waals surface area contributed by atoms with Crippen molar-refractivity contribution in [1.29, 1.82) is 0 Å². The van der Waals surface area contributed by atoms with E-state index >= 15 is 0 Å². The molecule has 0 saturated carbocycles. The van der Waals surface area contributed by atoms with Gasteiger partial charge in [-0.05, 0) is 48.7 Å². The Balaban J connectivity index is 2.00. The number of rotatable bonds is 0. The highest BCUT2D eigenvalue weighted by atomic mass is 32.2. The third-order valence-electron chi connectivity index (χ3n) is 3.15. The predicted molar refractivity (Wildman–Crippen MR) is 80.8 cm³/mol. The van der Waals surface area contributed by atoms with Gasteiger partial charge in [-0.1, -0.05) is 38.5 Å². The van der Waals surface area contributed by atoms with Crippen LogP contribution in [0.4, 0.5) is 0 Å². The third kappa shape index (κ3) is 9.89. The predicted octanol–water partition coefficient (Wildman–Crippen LogP) is 5.37. The van der Waals surface area contributed by atoms with Gasteiger partial charge in [0.25, 0.3) is 0 Å². The summed E-state index contributed by atoms with van der Waals surface area (Å²) in [6.07, 6.45) is 14.7. The third-order valence-corrected chi connectivity index (χ3v) is 5.46. The van der Waals surface area contributed by atoms with Crippen LogP contribution in [-0.4, -0.2) is 23.0 Å². The molecule has 0 amide bonds. The second kappa shape index (κ2) is 12.2. The summed E-state index contributed by atoms with van der Waals surface area (Å²) in [6, 6.07) is 0. The lowest BCUT2D eigenvalue weighted by Crippen LogP contribution is -1.90. The Labute approximate surface area is 111 Å². The van der Waals surface area contributed by atoms with E-state index in [9.17, 15) is 0 Å². The van der Waals surface area contributed by atoms with Crippen molar-refractivity contribution in [3.8, 4) is 0 Å². The average molecular weight is 261 g/mol. The molecule has 1 aliphatic heterocycles. The highest BCUT2D eigenvalue weighted by Gasteiger charge is 1.96. The van der Waals surface area contributed by atoms with E-state index in [0.29, 0.717) is 0 Å². The van der Waals surface area contributed by atoms with E-state index in [4.69, 9.17) is 0 Å². The van der Waals surface area contributed by atoms with Gasteiger partial charge in [-0.2, -0.15) is 23.5 Å². The molecule has 0 nitrogen and oxygen atoms in total. The maximum absolute atomic E-state index is 2.18. The van der Waals surface area contributed by atoms with Gasteiger partial charge in [0.05, 0.1) is 0 Å². The van der Waals surface area contributed by atoms with Crippen LogP contribution in [0.15, 0.2) is 0 Å². The van der Waals surface area contributed by atoms with Gasteiger partial charge < -0.3 is 0 Å². The summed E-state index contributed by atoms with van der Waals surface area (Å²) in [5, 5.41) is 0. The summed E-state index contributed by atoms with van der Waals surface area (Å²) >= 11 is 4.37. The Morgan fingerprint density at radius 2 is 0.562 bits per heavy atom. The Morgan fingerprint density at radius 3 is 0.875 bits per heavy atom. The summed E-state index contributed by atoms with van der Waals surface area (Å²) in [5.41, 5.74) is 0. The van der Waals surface area contributed by atoms with Crippen LogP contribution in [0.5, 0.6) is 0 Å². The minimum absolute atomic E-state index is 1.41. The van der Waals surface area contributed by atoms with E-state index in [0.717, 1.165) is 0 Å². The molecule has 1 aliphatic rings. The Bertz CT molecular complexity index is 72.7. The summed E-state index contributed by atoms with van der Waals surface area (Å²) in [7, 11) is 0. The van der Waals surface area contributed by atoms with Gasteiger partial charge in [0, 0.05) is 0 Å². The maximum atomic E-state index is 2.18. The fraction of sp³-hybridized carbons (Fsp3) is 1.00. The first kappa shape index (κ1) is 14.8. The van der Waals surface area contributed by atoms with Gasteiger partial charge in [-0.3, -0.25) is 0 Å². The molecule has 0 aliphatic carbocycles. The normalized spacial score (nSPS) is 24.0. The summed E-state index contributed by atoms with van der Waals surface area (Å²) in [6.45, 7) is 0. The quantitative estimate of drug-likeness (QED) is 0.574. The number of thioether (sulfide) groups is 2. The molecule has 1 rings (SSSR count). The molecule has 2 heteroatoms. The fourth-order valence-electron chi connectivity index (χ4n) is 2.08. The topological polar surface area (TPSA) is 0 Å². The lowest BCUT2D eigenvalue weighted by atomic mass is 10.2. The minimum atomic E-state index is 1.41. The molecule has 96 valence electrons. The van der Waals surface area contributed by atoms with Crippen LogP contribution in [0.2, 0.25) is 0 Å². The van der Waals surface area contributed by atoms with E-state index in [1.807, 2.05) is 0 Å². The lowest BCUT2D eigenvalue weighted by molar-refractivity contribution is 0.653. The monoisotopic (exact) mass is 260 g/mol. The summed E-state index contributed by atoms with van der Waals surface area (Å²) < 4.78 is 0. The van der Waals surface area contributed by atoms with Crippen molar-refractivity contribution in [2.45, 2.75) is 64.2 Å². The van der Waals surface area contributed by atoms with Gasteiger partial charge >= 0.3 is 0 Å². The Hall–Kier alpha value is 0.700. The lowest BCUT2D eigenvalue weighted by Gasteiger charge is -2.05. The molecular weight excluding hydrogens is 232 g/mol. The molecule has 0 bridgehead atoms. The van der Waals surface area contributed by atoms with E-state index < -0.39 is 0 Å². The van der Waals surface area contributed by atoms with Gasteiger partial charge in [0.15, 0.2) is 0 Å². The molecular formula is C14H28S2. The smallest absolute Gasteiger partial charge is 0.00675 e. The van der Waals surface area contributed by atoms with Crippen LogP contribution < -0.4 is 0 Å². The summed E-state index contributed by atoms with van der Waals surface area (Å²) in [4.78, 5) is 0. The largest absolute Gasteiger partial charge is 0.162 e. The zero-order chi connectivity index (χ0) is 11.3. The van der Waals surface area contributed by atoms with Gasteiger partial charge in [-0.25, -0.2) is 0 Å². The molecule has 0 aromatic carbocycles. The first-order valence-electron chi connectivity index (χ1n) is 7.15. The van der Waals surface area contributed by atoms with Crippen molar-refractivity contribution in [2.75, 3.05) is 23.0 Å². The average Bonchev–Trinajstić information content (AvgIpc) is 2.29. The molecule has 16 heavy (non-hydrogen) atoms. The highest BCUT2D eigenvalue weighted by molar-refractivity contribution is 7.99. The van der Waals surface area contributed by atoms with Crippen LogP contribution in [0.1, 0.15) is 64.2 Å². The SMILES string of the molecule is C1CCCSCCCCCCCSCCC1. The molecule has 0 aromatic heterocycles. The first-order valence-corrected chi connectivity index (χ1v) is 9.46. The number of hydrogen-bond acceptors (Lipinski definition) is 2. The summed E-state index contributed by atoms with van der Waals surface area (Å²) in [5.74, 6) is 5.65. The standard InChI is InChI=1S/C14H28S2/c1-3-7-11-15-13-9-5-2-6-10-14-16-12-8-4-1/h1-14H2. The molecule has 0 unspecified atom stereocenters. The zero-order valence-electron chi connectivity index (χ0n) is 10.7. The van der Waals surface area contributed by atoms with Crippen LogP contribution in [0.3, 0.4) is 0 Å². The van der Waals surface area contributed by atoms with Crippen molar-refractivity contribution < 1.29 is 0 Å². The molecule has 1 heterocycles. The van der Waals surface area contributed by atoms with Crippen molar-refractivity contribution in [2.24, 2.45) is 0 Å². The van der Waals surface area contributed by atoms with Gasteiger partial charge in [0.1, 0.15) is 0 Å². The Morgan fingerprint density at radius 1 is 0.312 bits per heavy atom. The van der Waals surface area contributed by atoms with E-state index in [1.54, 1.807) is 0 Å². The molecule has 0 aromatic rings. The highest BCUT2D eigenvalue weighted by Crippen LogP contribution is 2.15. The zero-order valence-corrected chi connectivity index (χ0v) is 12.3. The first-order chi connectivity index (χ1) is 8.00. The molecule has 0 atom stereocenters. The molecule has 0 radical (unpaired) electrons. The minimum Gasteiger partial charge on any atom is -0.162 e. The molecule has 0 spiro atoms. The second-order valence-corrected chi connectivity index (χ2v) is 7.21. The van der Waals surface area contributed by atoms with Crippen LogP contribution in [0, 0.1) is 0 Å². The number of hydrogen-bond donors (Lipinski definition) is 0. The van der Waals surface area contributed by atoms with Crippen molar-refractivity contribution in [1.82, 2.24) is 0 Å². The van der Waals surface area contributed by atoms with Crippen molar-refractivity contribution in [3.05, 3.63) is 0 Å². The van der Waals surface area contributed by atoms with Crippen molar-refractivity contribution >= 4 is 23.5 Å². The molecule has 1 saturated heterocycles. The van der Waals surface area contributed by atoms with Crippen LogP contribution in [0.25, 0.3) is 0 Å². The molecule has 0 N–H and O–H groups in total. The van der Waals surface area contributed by atoms with E-state index in [1.165, 1.54) is 87.2 Å². The van der Waals surface area contributed by atoms with Gasteiger partial charge in [0.2, 0.25) is 0 Å². The van der Waals surface area contributed by atoms with Crippen LogP contribution >= 0.6 is 23.5 Å². The second-order valence-electron chi connectivity index (χ2n) is 4.76. The fourth-order valence-corrected chi connectivity index (χ4v) is 4.12. The van der Waals surface area contributed by atoms with Crippen LogP contribution in [-0.2, 0) is 0 Å². The maximum Gasteiger partial charge on any atom is -0.00675 e.